The number of fused-ring (bicyclic) bond motifs is 1. The zero-order valence-corrected chi connectivity index (χ0v) is 23.6. The lowest BCUT2D eigenvalue weighted by Crippen LogP contribution is -2.40. The third-order valence-electron chi connectivity index (χ3n) is 8.11. The number of ether oxygens (including phenoxy) is 3. The number of nitrogens with zero attached hydrogens (tertiary/aromatic N) is 1. The van der Waals surface area contributed by atoms with Crippen LogP contribution < -0.4 is 14.2 Å². The molecular formula is C33H37NO6. The summed E-state index contributed by atoms with van der Waals surface area (Å²) >= 11 is 0. The molecule has 7 heteroatoms. The number of rotatable bonds is 8. The van der Waals surface area contributed by atoms with Crippen LogP contribution in [0.15, 0.2) is 54.6 Å². The third kappa shape index (κ3) is 5.93. The molecule has 1 fully saturated rings. The second kappa shape index (κ2) is 11.6. The Morgan fingerprint density at radius 1 is 1.02 bits per heavy atom. The highest BCUT2D eigenvalue weighted by Gasteiger charge is 2.33. The van der Waals surface area contributed by atoms with Gasteiger partial charge in [-0.2, -0.15) is 0 Å². The van der Waals surface area contributed by atoms with Gasteiger partial charge in [0.15, 0.2) is 0 Å². The molecule has 0 aliphatic carbocycles. The fraction of sp³-hybridized carbons (Fsp3) is 0.394. The van der Waals surface area contributed by atoms with Gasteiger partial charge in [-0.05, 0) is 65.9 Å². The van der Waals surface area contributed by atoms with Crippen molar-refractivity contribution in [1.29, 1.82) is 0 Å². The minimum absolute atomic E-state index is 0.122. The van der Waals surface area contributed by atoms with Crippen LogP contribution in [0.3, 0.4) is 0 Å². The van der Waals surface area contributed by atoms with Gasteiger partial charge in [0, 0.05) is 50.4 Å². The fourth-order valence-electron chi connectivity index (χ4n) is 5.80. The topological polar surface area (TPSA) is 85.3 Å². The minimum atomic E-state index is -0.819. The predicted octanol–water partition coefficient (Wildman–Crippen LogP) is 6.14. The first-order valence-electron chi connectivity index (χ1n) is 13.9. The summed E-state index contributed by atoms with van der Waals surface area (Å²) in [6.45, 7) is 9.82. The molecule has 2 heterocycles. The second-order valence-corrected chi connectivity index (χ2v) is 11.0. The third-order valence-corrected chi connectivity index (χ3v) is 8.11. The van der Waals surface area contributed by atoms with E-state index in [1.54, 1.807) is 13.8 Å². The van der Waals surface area contributed by atoms with Gasteiger partial charge in [0.2, 0.25) is 5.91 Å². The molecule has 40 heavy (non-hydrogen) atoms. The maximum absolute atomic E-state index is 11.6. The van der Waals surface area contributed by atoms with Crippen LogP contribution in [-0.4, -0.2) is 47.7 Å². The fourth-order valence-corrected chi connectivity index (χ4v) is 5.80. The van der Waals surface area contributed by atoms with E-state index in [9.17, 15) is 14.7 Å². The quantitative estimate of drug-likeness (QED) is 0.368. The van der Waals surface area contributed by atoms with Crippen LogP contribution in [0.1, 0.15) is 54.9 Å². The van der Waals surface area contributed by atoms with Gasteiger partial charge in [0.25, 0.3) is 0 Å². The number of benzene rings is 3. The summed E-state index contributed by atoms with van der Waals surface area (Å²) in [4.78, 5) is 24.9. The molecule has 210 valence electrons. The van der Waals surface area contributed by atoms with Gasteiger partial charge >= 0.3 is 5.97 Å². The first kappa shape index (κ1) is 27.6. The molecule has 3 aromatic rings. The second-order valence-electron chi connectivity index (χ2n) is 11.0. The lowest BCUT2D eigenvalue weighted by atomic mass is 9.89. The number of carbonyl (C=O) groups is 2. The van der Waals surface area contributed by atoms with Gasteiger partial charge < -0.3 is 24.2 Å². The van der Waals surface area contributed by atoms with Crippen molar-refractivity contribution in [3.05, 3.63) is 76.9 Å². The number of hydrogen-bond donors (Lipinski definition) is 1. The van der Waals surface area contributed by atoms with Crippen LogP contribution in [0.5, 0.6) is 17.2 Å². The summed E-state index contributed by atoms with van der Waals surface area (Å²) in [6.07, 6.45) is 1.82. The molecular weight excluding hydrogens is 506 g/mol. The standard InChI is InChI=1S/C33H37NO6/c1-20-14-28(40-26-10-12-34(13-11-26)23(4)35)15-21(2)32(20)25-7-5-6-24(16-25)18-38-27-8-9-29-30(22(3)33(36)37)19-39-31(29)17-27/h5-9,14-17,22,26,30H,10-13,18-19H2,1-4H3,(H,36,37). The van der Waals surface area contributed by atoms with Gasteiger partial charge in [0.05, 0.1) is 12.5 Å². The van der Waals surface area contributed by atoms with Crippen molar-refractivity contribution in [3.8, 4) is 28.4 Å². The Labute approximate surface area is 235 Å². The lowest BCUT2D eigenvalue weighted by molar-refractivity contribution is -0.142. The predicted molar refractivity (Wildman–Crippen MR) is 153 cm³/mol. The van der Waals surface area contributed by atoms with Crippen LogP contribution in [0, 0.1) is 19.8 Å². The molecule has 2 atom stereocenters. The van der Waals surface area contributed by atoms with E-state index in [2.05, 4.69) is 38.1 Å². The number of hydrogen-bond acceptors (Lipinski definition) is 5. The molecule has 5 rings (SSSR count). The van der Waals surface area contributed by atoms with E-state index in [1.807, 2.05) is 35.2 Å². The summed E-state index contributed by atoms with van der Waals surface area (Å²) in [6, 6.07) is 18.2. The highest BCUT2D eigenvalue weighted by atomic mass is 16.5. The minimum Gasteiger partial charge on any atom is -0.492 e. The van der Waals surface area contributed by atoms with Gasteiger partial charge in [-0.1, -0.05) is 31.2 Å². The maximum atomic E-state index is 11.6. The van der Waals surface area contributed by atoms with E-state index in [0.29, 0.717) is 24.7 Å². The molecule has 7 nitrogen and oxygen atoms in total. The number of carbonyl (C=O) groups excluding carboxylic acids is 1. The van der Waals surface area contributed by atoms with Crippen molar-refractivity contribution in [3.63, 3.8) is 0 Å². The molecule has 0 radical (unpaired) electrons. The van der Waals surface area contributed by atoms with Crippen LogP contribution in [0.25, 0.3) is 11.1 Å². The Kier molecular flexibility index (Phi) is 8.01. The SMILES string of the molecule is CC(=O)N1CCC(Oc2cc(C)c(-c3cccc(COc4ccc5c(c4)OCC5C(C)C(=O)O)c3)c(C)c2)CC1. The Morgan fingerprint density at radius 2 is 1.75 bits per heavy atom. The van der Waals surface area contributed by atoms with Crippen LogP contribution in [-0.2, 0) is 16.2 Å². The van der Waals surface area contributed by atoms with Gasteiger partial charge in [-0.3, -0.25) is 9.59 Å². The molecule has 1 amide bonds. The molecule has 0 aromatic heterocycles. The summed E-state index contributed by atoms with van der Waals surface area (Å²) < 4.78 is 18.2. The Morgan fingerprint density at radius 3 is 2.42 bits per heavy atom. The van der Waals surface area contributed by atoms with Crippen molar-refractivity contribution in [2.24, 2.45) is 5.92 Å². The molecule has 2 aliphatic rings. The monoisotopic (exact) mass is 543 g/mol. The number of amides is 1. The Hall–Kier alpha value is -4.00. The van der Waals surface area contributed by atoms with Crippen molar-refractivity contribution < 1.29 is 28.9 Å². The molecule has 0 bridgehead atoms. The van der Waals surface area contributed by atoms with Crippen LogP contribution >= 0.6 is 0 Å². The largest absolute Gasteiger partial charge is 0.492 e. The van der Waals surface area contributed by atoms with E-state index >= 15 is 0 Å². The van der Waals surface area contributed by atoms with E-state index in [4.69, 9.17) is 14.2 Å². The summed E-state index contributed by atoms with van der Waals surface area (Å²) in [5, 5.41) is 9.38. The number of carboxylic acids is 1. The van der Waals surface area contributed by atoms with Gasteiger partial charge in [-0.15, -0.1) is 0 Å². The van der Waals surface area contributed by atoms with Crippen molar-refractivity contribution >= 4 is 11.9 Å². The number of carboxylic acid groups (broad SMARTS) is 1. The Balaban J connectivity index is 1.24. The molecule has 2 aliphatic heterocycles. The summed E-state index contributed by atoms with van der Waals surface area (Å²) in [7, 11) is 0. The Bertz CT molecular complexity index is 1380. The average Bonchev–Trinajstić information content (AvgIpc) is 3.35. The van der Waals surface area contributed by atoms with Crippen molar-refractivity contribution in [2.45, 2.75) is 59.2 Å². The highest BCUT2D eigenvalue weighted by molar-refractivity contribution is 5.74. The zero-order valence-electron chi connectivity index (χ0n) is 23.6. The van der Waals surface area contributed by atoms with Gasteiger partial charge in [-0.25, -0.2) is 0 Å². The molecule has 1 saturated heterocycles. The first-order valence-corrected chi connectivity index (χ1v) is 13.9. The summed E-state index contributed by atoms with van der Waals surface area (Å²) in [5.74, 6) is 0.914. The van der Waals surface area contributed by atoms with E-state index < -0.39 is 11.9 Å². The number of piperidine rings is 1. The molecule has 2 unspecified atom stereocenters. The normalized spacial score (nSPS) is 17.6. The molecule has 1 N–H and O–H groups in total. The molecule has 0 saturated carbocycles. The first-order chi connectivity index (χ1) is 19.2. The zero-order chi connectivity index (χ0) is 28.4. The van der Waals surface area contributed by atoms with Crippen molar-refractivity contribution in [2.75, 3.05) is 19.7 Å². The van der Waals surface area contributed by atoms with E-state index in [1.165, 1.54) is 5.56 Å². The number of likely N-dealkylation sites (tertiary alicyclic amines) is 1. The maximum Gasteiger partial charge on any atom is 0.306 e. The highest BCUT2D eigenvalue weighted by Crippen LogP contribution is 2.40. The van der Waals surface area contributed by atoms with Crippen LogP contribution in [0.4, 0.5) is 0 Å². The van der Waals surface area contributed by atoms with Crippen molar-refractivity contribution in [1.82, 2.24) is 4.90 Å². The number of aryl methyl sites for hydroxylation is 2. The molecule has 3 aromatic carbocycles. The van der Waals surface area contributed by atoms with Gasteiger partial charge in [0.1, 0.15) is 30.0 Å². The lowest BCUT2D eigenvalue weighted by Gasteiger charge is -2.31. The number of aliphatic carboxylic acids is 1. The smallest absolute Gasteiger partial charge is 0.306 e. The average molecular weight is 544 g/mol. The van der Waals surface area contributed by atoms with E-state index in [0.717, 1.165) is 59.5 Å². The van der Waals surface area contributed by atoms with E-state index in [-0.39, 0.29) is 17.9 Å². The summed E-state index contributed by atoms with van der Waals surface area (Å²) in [5.41, 5.74) is 6.58. The molecule has 0 spiro atoms. The van der Waals surface area contributed by atoms with Crippen LogP contribution in [0.2, 0.25) is 0 Å².